The zero-order valence-electron chi connectivity index (χ0n) is 18.2. The van der Waals surface area contributed by atoms with Crippen molar-refractivity contribution < 1.29 is 34.3 Å². The Bertz CT molecular complexity index is 660. The quantitative estimate of drug-likeness (QED) is 0.616. The molecule has 0 spiro atoms. The van der Waals surface area contributed by atoms with Crippen molar-refractivity contribution in [1.82, 2.24) is 0 Å². The first kappa shape index (κ1) is 22.7. The van der Waals surface area contributed by atoms with Crippen molar-refractivity contribution in [3.8, 4) is 0 Å². The summed E-state index contributed by atoms with van der Waals surface area (Å²) in [5, 5.41) is 31.7. The number of allylic oxidation sites excluding steroid dienone is 1. The minimum atomic E-state index is -1.58. The summed E-state index contributed by atoms with van der Waals surface area (Å²) in [6.07, 6.45) is 3.15. The standard InChI is InChI=1S/C22H36O7/c1-13-9-10-21(3)14(17(24)25)7-6-8-15(21)20(13,2)11-12-22(26)16(23)18(27-4)29-19(22)28-5/h7,13,15-16,18-19,23,26H,6,8-12H2,1-5H3,(H,24,25)/t13-,15-,16+,18+,19-,20+,21+,22-/m1/s1. The van der Waals surface area contributed by atoms with Crippen molar-refractivity contribution in [2.24, 2.45) is 22.7 Å². The monoisotopic (exact) mass is 412 g/mol. The molecule has 0 aromatic heterocycles. The lowest BCUT2D eigenvalue weighted by atomic mass is 9.46. The molecule has 3 aliphatic rings. The number of aliphatic hydroxyl groups is 2. The summed E-state index contributed by atoms with van der Waals surface area (Å²) in [6.45, 7) is 6.52. The molecule has 7 heteroatoms. The summed E-state index contributed by atoms with van der Waals surface area (Å²) >= 11 is 0. The molecule has 3 N–H and O–H groups in total. The normalized spacial score (nSPS) is 47.6. The number of carbonyl (C=O) groups is 1. The molecular weight excluding hydrogens is 376 g/mol. The Morgan fingerprint density at radius 1 is 1.24 bits per heavy atom. The molecule has 1 aliphatic heterocycles. The van der Waals surface area contributed by atoms with Gasteiger partial charge >= 0.3 is 5.97 Å². The average molecular weight is 413 g/mol. The van der Waals surface area contributed by atoms with Gasteiger partial charge in [-0.05, 0) is 55.8 Å². The van der Waals surface area contributed by atoms with Gasteiger partial charge in [0.15, 0.2) is 12.6 Å². The van der Waals surface area contributed by atoms with E-state index in [1.807, 2.05) is 6.08 Å². The van der Waals surface area contributed by atoms with E-state index < -0.39 is 30.3 Å². The largest absolute Gasteiger partial charge is 0.478 e. The van der Waals surface area contributed by atoms with Gasteiger partial charge < -0.3 is 29.5 Å². The average Bonchev–Trinajstić information content (AvgIpc) is 2.93. The van der Waals surface area contributed by atoms with E-state index in [0.717, 1.165) is 25.7 Å². The van der Waals surface area contributed by atoms with E-state index in [1.54, 1.807) is 0 Å². The van der Waals surface area contributed by atoms with Gasteiger partial charge in [-0.3, -0.25) is 0 Å². The van der Waals surface area contributed by atoms with Gasteiger partial charge in [-0.15, -0.1) is 0 Å². The number of aliphatic hydroxyl groups excluding tert-OH is 1. The molecule has 3 rings (SSSR count). The third kappa shape index (κ3) is 3.45. The summed E-state index contributed by atoms with van der Waals surface area (Å²) < 4.78 is 16.0. The van der Waals surface area contributed by atoms with Crippen LogP contribution in [-0.4, -0.2) is 59.8 Å². The number of hydrogen-bond donors (Lipinski definition) is 3. The van der Waals surface area contributed by atoms with Crippen LogP contribution in [0.3, 0.4) is 0 Å². The summed E-state index contributed by atoms with van der Waals surface area (Å²) in [7, 11) is 2.86. The van der Waals surface area contributed by atoms with Crippen LogP contribution in [0.5, 0.6) is 0 Å². The number of hydrogen-bond acceptors (Lipinski definition) is 6. The van der Waals surface area contributed by atoms with Gasteiger partial charge in [-0.1, -0.05) is 26.8 Å². The molecule has 166 valence electrons. The molecule has 2 aliphatic carbocycles. The van der Waals surface area contributed by atoms with Gasteiger partial charge in [0.2, 0.25) is 0 Å². The lowest BCUT2D eigenvalue weighted by Gasteiger charge is -2.58. The van der Waals surface area contributed by atoms with Crippen molar-refractivity contribution in [2.45, 2.75) is 83.6 Å². The summed E-state index contributed by atoms with van der Waals surface area (Å²) in [4.78, 5) is 11.9. The Balaban J connectivity index is 1.87. The first-order valence-electron chi connectivity index (χ1n) is 10.6. The van der Waals surface area contributed by atoms with Crippen LogP contribution in [0, 0.1) is 22.7 Å². The van der Waals surface area contributed by atoms with Gasteiger partial charge in [0, 0.05) is 25.2 Å². The van der Waals surface area contributed by atoms with E-state index in [-0.39, 0.29) is 23.2 Å². The number of fused-ring (bicyclic) bond motifs is 1. The van der Waals surface area contributed by atoms with E-state index in [4.69, 9.17) is 14.2 Å². The molecule has 29 heavy (non-hydrogen) atoms. The highest BCUT2D eigenvalue weighted by Gasteiger charge is 2.59. The van der Waals surface area contributed by atoms with Crippen molar-refractivity contribution in [2.75, 3.05) is 14.2 Å². The summed E-state index contributed by atoms with van der Waals surface area (Å²) in [5.41, 5.74) is -1.61. The third-order valence-electron chi connectivity index (χ3n) is 8.38. The fourth-order valence-corrected chi connectivity index (χ4v) is 6.31. The number of aliphatic carboxylic acids is 1. The molecule has 1 saturated carbocycles. The van der Waals surface area contributed by atoms with Crippen LogP contribution in [-0.2, 0) is 19.0 Å². The molecule has 2 fully saturated rings. The van der Waals surface area contributed by atoms with E-state index in [2.05, 4.69) is 20.8 Å². The molecule has 0 amide bonds. The highest BCUT2D eigenvalue weighted by molar-refractivity contribution is 5.88. The van der Waals surface area contributed by atoms with E-state index in [9.17, 15) is 20.1 Å². The number of ether oxygens (including phenoxy) is 3. The second-order valence-electron chi connectivity index (χ2n) is 9.66. The molecule has 0 unspecified atom stereocenters. The lowest BCUT2D eigenvalue weighted by Crippen LogP contribution is -2.54. The van der Waals surface area contributed by atoms with Crippen molar-refractivity contribution in [1.29, 1.82) is 0 Å². The minimum absolute atomic E-state index is 0.180. The van der Waals surface area contributed by atoms with Crippen LogP contribution in [0.15, 0.2) is 11.6 Å². The topological polar surface area (TPSA) is 105 Å². The molecule has 0 aromatic rings. The maximum atomic E-state index is 11.9. The molecule has 0 bridgehead atoms. The van der Waals surface area contributed by atoms with Gasteiger partial charge in [0.05, 0.1) is 0 Å². The maximum absolute atomic E-state index is 11.9. The Morgan fingerprint density at radius 2 is 1.93 bits per heavy atom. The Hall–Kier alpha value is -0.990. The molecule has 0 radical (unpaired) electrons. The van der Waals surface area contributed by atoms with E-state index in [0.29, 0.717) is 17.9 Å². The Labute approximate surface area is 173 Å². The van der Waals surface area contributed by atoms with Crippen molar-refractivity contribution in [3.63, 3.8) is 0 Å². The summed E-state index contributed by atoms with van der Waals surface area (Å²) in [5.74, 6) is -0.261. The zero-order valence-corrected chi connectivity index (χ0v) is 18.2. The van der Waals surface area contributed by atoms with Gasteiger partial charge in [0.25, 0.3) is 0 Å². The highest BCUT2D eigenvalue weighted by Crippen LogP contribution is 2.62. The van der Waals surface area contributed by atoms with Gasteiger partial charge in [0.1, 0.15) is 11.7 Å². The van der Waals surface area contributed by atoms with Crippen LogP contribution in [0.1, 0.15) is 59.3 Å². The fourth-order valence-electron chi connectivity index (χ4n) is 6.31. The molecule has 1 heterocycles. The lowest BCUT2D eigenvalue weighted by molar-refractivity contribution is -0.221. The number of carboxylic acids is 1. The predicted molar refractivity (Wildman–Crippen MR) is 106 cm³/mol. The molecule has 0 aromatic carbocycles. The third-order valence-corrected chi connectivity index (χ3v) is 8.38. The minimum Gasteiger partial charge on any atom is -0.478 e. The number of carboxylic acid groups (broad SMARTS) is 1. The Kier molecular flexibility index (Phi) is 6.20. The zero-order chi connectivity index (χ0) is 21.6. The van der Waals surface area contributed by atoms with Gasteiger partial charge in [-0.2, -0.15) is 0 Å². The van der Waals surface area contributed by atoms with Gasteiger partial charge in [-0.25, -0.2) is 4.79 Å². The first-order valence-corrected chi connectivity index (χ1v) is 10.6. The Morgan fingerprint density at radius 3 is 2.52 bits per heavy atom. The van der Waals surface area contributed by atoms with Crippen LogP contribution >= 0.6 is 0 Å². The second-order valence-corrected chi connectivity index (χ2v) is 9.66. The maximum Gasteiger partial charge on any atom is 0.331 e. The van der Waals surface area contributed by atoms with Crippen LogP contribution in [0.2, 0.25) is 0 Å². The first-order chi connectivity index (χ1) is 13.5. The van der Waals surface area contributed by atoms with Crippen LogP contribution in [0.25, 0.3) is 0 Å². The van der Waals surface area contributed by atoms with Crippen LogP contribution < -0.4 is 0 Å². The van der Waals surface area contributed by atoms with Crippen LogP contribution in [0.4, 0.5) is 0 Å². The molecular formula is C22H36O7. The van der Waals surface area contributed by atoms with Crippen molar-refractivity contribution >= 4 is 5.97 Å². The summed E-state index contributed by atoms with van der Waals surface area (Å²) in [6, 6.07) is 0. The second kappa shape index (κ2) is 7.93. The molecule has 7 nitrogen and oxygen atoms in total. The molecule has 8 atom stereocenters. The van der Waals surface area contributed by atoms with E-state index >= 15 is 0 Å². The molecule has 1 saturated heterocycles. The highest BCUT2D eigenvalue weighted by atomic mass is 16.8. The van der Waals surface area contributed by atoms with E-state index in [1.165, 1.54) is 14.2 Å². The SMILES string of the molecule is CO[C@H]1O[C@@H](OC)[C@@](O)(CC[C@@]2(C)[C@H](C)CC[C@@]3(C)C(C(=O)O)=CCC[C@H]23)[C@H]1O. The number of methoxy groups -OCH3 is 2. The van der Waals surface area contributed by atoms with Crippen molar-refractivity contribution in [3.05, 3.63) is 11.6 Å². The smallest absolute Gasteiger partial charge is 0.331 e. The fraction of sp³-hybridized carbons (Fsp3) is 0.864. The number of rotatable bonds is 6. The predicted octanol–water partition coefficient (Wildman–Crippen LogP) is 2.70.